The van der Waals surface area contributed by atoms with Crippen LogP contribution in [-0.4, -0.2) is 46.1 Å². The average Bonchev–Trinajstić information content (AvgIpc) is 3.12. The zero-order chi connectivity index (χ0) is 37.3. The first-order chi connectivity index (χ1) is 25.0. The molecule has 3 atom stereocenters. The van der Waals surface area contributed by atoms with Crippen LogP contribution in [0.4, 0.5) is 0 Å². The summed E-state index contributed by atoms with van der Waals surface area (Å²) in [6.45, 7) is 4.23. The highest BCUT2D eigenvalue weighted by Crippen LogP contribution is 2.17. The summed E-state index contributed by atoms with van der Waals surface area (Å²) >= 11 is 0. The van der Waals surface area contributed by atoms with Crippen molar-refractivity contribution in [3.05, 3.63) is 12.2 Å². The van der Waals surface area contributed by atoms with Gasteiger partial charge in [-0.1, -0.05) is 238 Å². The minimum Gasteiger partial charge on any atom is -0.394 e. The lowest BCUT2D eigenvalue weighted by molar-refractivity contribution is -0.124. The Bertz CT molecular complexity index is 713. The number of aliphatic hydroxyl groups excluding tert-OH is 3. The number of unbranched alkanes of at least 4 members (excludes halogenated alkanes) is 33. The summed E-state index contributed by atoms with van der Waals surface area (Å²) in [6, 6.07) is -0.739. The third-order valence-electron chi connectivity index (χ3n) is 10.8. The maximum Gasteiger partial charge on any atom is 0.222 e. The summed E-state index contributed by atoms with van der Waals surface area (Å²) < 4.78 is 0. The number of rotatable bonds is 42. The smallest absolute Gasteiger partial charge is 0.222 e. The lowest BCUT2D eigenvalue weighted by Crippen LogP contribution is -2.45. The number of hydrogen-bond donors (Lipinski definition) is 4. The van der Waals surface area contributed by atoms with E-state index in [1.54, 1.807) is 6.08 Å². The molecule has 0 radical (unpaired) electrons. The SMILES string of the molecule is CCCCCCCCCCCCCCCC/C=C/C(O)C(CO)NC(=O)CC(O)CCCCCCCCCCCCCCCCCCCCCC. The zero-order valence-electron chi connectivity index (χ0n) is 34.5. The molecule has 5 nitrogen and oxygen atoms in total. The maximum absolute atomic E-state index is 12.4. The molecule has 0 rings (SSSR count). The Morgan fingerprint density at radius 2 is 0.804 bits per heavy atom. The van der Waals surface area contributed by atoms with Crippen molar-refractivity contribution < 1.29 is 20.1 Å². The highest BCUT2D eigenvalue weighted by atomic mass is 16.3. The van der Waals surface area contributed by atoms with Gasteiger partial charge < -0.3 is 20.6 Å². The van der Waals surface area contributed by atoms with Gasteiger partial charge in [0.05, 0.1) is 31.3 Å². The number of carbonyl (C=O) groups excluding carboxylic acids is 1. The molecule has 0 spiro atoms. The van der Waals surface area contributed by atoms with Crippen LogP contribution in [0.5, 0.6) is 0 Å². The highest BCUT2D eigenvalue weighted by Gasteiger charge is 2.20. The molecule has 51 heavy (non-hydrogen) atoms. The van der Waals surface area contributed by atoms with Gasteiger partial charge in [0, 0.05) is 0 Å². The number of allylic oxidation sites excluding steroid dienone is 1. The van der Waals surface area contributed by atoms with Crippen LogP contribution in [0.15, 0.2) is 12.2 Å². The second-order valence-corrected chi connectivity index (χ2v) is 16.0. The molecular weight excluding hydrogens is 631 g/mol. The summed E-state index contributed by atoms with van der Waals surface area (Å²) in [7, 11) is 0. The summed E-state index contributed by atoms with van der Waals surface area (Å²) in [5.74, 6) is -0.311. The van der Waals surface area contributed by atoms with Crippen molar-refractivity contribution in [1.29, 1.82) is 0 Å². The van der Waals surface area contributed by atoms with E-state index in [2.05, 4.69) is 19.2 Å². The van der Waals surface area contributed by atoms with Gasteiger partial charge in [0.25, 0.3) is 0 Å². The second-order valence-electron chi connectivity index (χ2n) is 16.0. The molecule has 0 aromatic carbocycles. The first-order valence-electron chi connectivity index (χ1n) is 23.0. The first kappa shape index (κ1) is 50.1. The van der Waals surface area contributed by atoms with Crippen molar-refractivity contribution >= 4 is 5.91 Å². The third kappa shape index (κ3) is 38.6. The van der Waals surface area contributed by atoms with E-state index in [1.807, 2.05) is 6.08 Å². The Hall–Kier alpha value is -0.910. The van der Waals surface area contributed by atoms with Gasteiger partial charge in [0.2, 0.25) is 5.91 Å². The Morgan fingerprint density at radius 1 is 0.490 bits per heavy atom. The van der Waals surface area contributed by atoms with Gasteiger partial charge in [-0.05, 0) is 19.3 Å². The van der Waals surface area contributed by atoms with E-state index < -0.39 is 18.2 Å². The Kier molecular flexibility index (Phi) is 41.1. The van der Waals surface area contributed by atoms with E-state index >= 15 is 0 Å². The summed E-state index contributed by atoms with van der Waals surface area (Å²) in [5.41, 5.74) is 0. The fourth-order valence-corrected chi connectivity index (χ4v) is 7.28. The van der Waals surface area contributed by atoms with E-state index in [0.29, 0.717) is 6.42 Å². The quantitative estimate of drug-likeness (QED) is 0.0373. The Morgan fingerprint density at radius 3 is 1.14 bits per heavy atom. The first-order valence-corrected chi connectivity index (χ1v) is 23.0. The summed E-state index contributed by atoms with van der Waals surface area (Å²) in [6.07, 6.45) is 49.3. The van der Waals surface area contributed by atoms with Gasteiger partial charge >= 0.3 is 0 Å². The number of amides is 1. The van der Waals surface area contributed by atoms with Gasteiger partial charge in [-0.15, -0.1) is 0 Å². The van der Waals surface area contributed by atoms with Crippen LogP contribution < -0.4 is 5.32 Å². The minimum absolute atomic E-state index is 0.0190. The summed E-state index contributed by atoms with van der Waals surface area (Å²) in [4.78, 5) is 12.4. The van der Waals surface area contributed by atoms with Crippen molar-refractivity contribution in [3.8, 4) is 0 Å². The topological polar surface area (TPSA) is 89.8 Å². The number of nitrogens with one attached hydrogen (secondary N) is 1. The molecule has 0 saturated heterocycles. The van der Waals surface area contributed by atoms with Crippen molar-refractivity contribution in [3.63, 3.8) is 0 Å². The minimum atomic E-state index is -0.924. The van der Waals surface area contributed by atoms with E-state index in [-0.39, 0.29) is 18.9 Å². The fraction of sp³-hybridized carbons (Fsp3) is 0.935. The molecule has 1 amide bonds. The molecular formula is C46H91NO4. The van der Waals surface area contributed by atoms with E-state index in [9.17, 15) is 20.1 Å². The largest absolute Gasteiger partial charge is 0.394 e. The number of carbonyl (C=O) groups is 1. The van der Waals surface area contributed by atoms with Crippen molar-refractivity contribution in [2.45, 2.75) is 270 Å². The van der Waals surface area contributed by atoms with Gasteiger partial charge in [0.1, 0.15) is 0 Å². The molecule has 0 saturated carbocycles. The van der Waals surface area contributed by atoms with E-state index in [1.165, 1.54) is 199 Å². The van der Waals surface area contributed by atoms with Crippen LogP contribution in [0.1, 0.15) is 251 Å². The molecule has 304 valence electrons. The van der Waals surface area contributed by atoms with Crippen molar-refractivity contribution in [2.24, 2.45) is 0 Å². The molecule has 0 aromatic rings. The Labute approximate surface area is 319 Å². The highest BCUT2D eigenvalue weighted by molar-refractivity contribution is 5.76. The fourth-order valence-electron chi connectivity index (χ4n) is 7.28. The monoisotopic (exact) mass is 722 g/mol. The van der Waals surface area contributed by atoms with Crippen molar-refractivity contribution in [1.82, 2.24) is 5.32 Å². The Balaban J connectivity index is 3.61. The van der Waals surface area contributed by atoms with Gasteiger partial charge in [-0.3, -0.25) is 4.79 Å². The van der Waals surface area contributed by atoms with Gasteiger partial charge in [-0.25, -0.2) is 0 Å². The van der Waals surface area contributed by atoms with Gasteiger partial charge in [-0.2, -0.15) is 0 Å². The van der Waals surface area contributed by atoms with Crippen LogP contribution in [0, 0.1) is 0 Å². The number of aliphatic hydroxyl groups is 3. The molecule has 3 unspecified atom stereocenters. The standard InChI is InChI=1S/C46H91NO4/c1-3-5-7-9-11-13-15-17-19-21-22-23-24-25-27-29-31-33-35-37-39-43(49)41-46(51)47-44(42-48)45(50)40-38-36-34-32-30-28-26-20-18-16-14-12-10-8-6-4-2/h38,40,43-45,48-50H,3-37,39,41-42H2,1-2H3,(H,47,51)/b40-38+. The molecule has 0 aromatic heterocycles. The summed E-state index contributed by atoms with van der Waals surface area (Å²) in [5, 5.41) is 33.3. The maximum atomic E-state index is 12.4. The second kappa shape index (κ2) is 41.8. The molecule has 0 aliphatic rings. The molecule has 0 aliphatic heterocycles. The lowest BCUT2D eigenvalue weighted by Gasteiger charge is -2.21. The molecule has 0 bridgehead atoms. The lowest BCUT2D eigenvalue weighted by atomic mass is 10.0. The molecule has 0 heterocycles. The molecule has 0 fully saturated rings. The van der Waals surface area contributed by atoms with Crippen LogP contribution in [0.3, 0.4) is 0 Å². The number of hydrogen-bond acceptors (Lipinski definition) is 4. The van der Waals surface area contributed by atoms with Crippen LogP contribution in [0.25, 0.3) is 0 Å². The van der Waals surface area contributed by atoms with Crippen LogP contribution in [0.2, 0.25) is 0 Å². The van der Waals surface area contributed by atoms with Crippen LogP contribution >= 0.6 is 0 Å². The predicted octanol–water partition coefficient (Wildman–Crippen LogP) is 13.2. The zero-order valence-corrected chi connectivity index (χ0v) is 34.5. The van der Waals surface area contributed by atoms with Gasteiger partial charge in [0.15, 0.2) is 0 Å². The molecule has 5 heteroatoms. The predicted molar refractivity (Wildman–Crippen MR) is 222 cm³/mol. The average molecular weight is 722 g/mol. The van der Waals surface area contributed by atoms with Crippen molar-refractivity contribution in [2.75, 3.05) is 6.61 Å². The molecule has 0 aliphatic carbocycles. The van der Waals surface area contributed by atoms with E-state index in [4.69, 9.17) is 0 Å². The van der Waals surface area contributed by atoms with Crippen LogP contribution in [-0.2, 0) is 4.79 Å². The normalized spacial score (nSPS) is 13.6. The van der Waals surface area contributed by atoms with E-state index in [0.717, 1.165) is 25.7 Å². The third-order valence-corrected chi connectivity index (χ3v) is 10.8. The molecule has 4 N–H and O–H groups in total.